The van der Waals surface area contributed by atoms with Gasteiger partial charge in [-0.2, -0.15) is 0 Å². The van der Waals surface area contributed by atoms with Crippen LogP contribution in [0, 0.1) is 11.7 Å². The molecule has 0 aliphatic carbocycles. The Bertz CT molecular complexity index is 622. The molecule has 1 N–H and O–H groups in total. The van der Waals surface area contributed by atoms with E-state index in [0.717, 1.165) is 35.8 Å². The van der Waals surface area contributed by atoms with Crippen LogP contribution in [0.15, 0.2) is 42.5 Å². The molecule has 0 aromatic heterocycles. The average molecular weight is 330 g/mol. The second kappa shape index (κ2) is 9.31. The number of halogens is 1. The fourth-order valence-corrected chi connectivity index (χ4v) is 2.60. The van der Waals surface area contributed by atoms with Crippen LogP contribution >= 0.6 is 0 Å². The Morgan fingerprint density at radius 1 is 1.00 bits per heavy atom. The van der Waals surface area contributed by atoms with Crippen molar-refractivity contribution in [1.82, 2.24) is 0 Å². The second-order valence-electron chi connectivity index (χ2n) is 6.40. The molecule has 24 heavy (non-hydrogen) atoms. The molecule has 1 unspecified atom stereocenters. The van der Waals surface area contributed by atoms with Gasteiger partial charge in [0.25, 0.3) is 0 Å². The highest BCUT2D eigenvalue weighted by Crippen LogP contribution is 2.26. The molecule has 2 aromatic rings. The van der Waals surface area contributed by atoms with Gasteiger partial charge in [0, 0.05) is 0 Å². The highest BCUT2D eigenvalue weighted by molar-refractivity contribution is 5.65. The summed E-state index contributed by atoms with van der Waals surface area (Å²) < 4.78 is 19.2. The molecule has 130 valence electrons. The highest BCUT2D eigenvalue weighted by atomic mass is 19.1. The number of phenols is 1. The first-order valence-electron chi connectivity index (χ1n) is 8.82. The number of benzene rings is 2. The molecule has 0 fully saturated rings. The minimum Gasteiger partial charge on any atom is -0.505 e. The SMILES string of the molecule is CCC(C)CCCCCOc1ccc(-c2ccc(O)c(F)c2)cc1. The third-order valence-corrected chi connectivity index (χ3v) is 4.44. The Morgan fingerprint density at radius 3 is 2.38 bits per heavy atom. The van der Waals surface area contributed by atoms with Crippen LogP contribution in [0.3, 0.4) is 0 Å². The third-order valence-electron chi connectivity index (χ3n) is 4.44. The molecule has 2 nitrogen and oxygen atoms in total. The Morgan fingerprint density at radius 2 is 1.71 bits per heavy atom. The maximum absolute atomic E-state index is 13.4. The molecule has 1 atom stereocenters. The zero-order valence-corrected chi connectivity index (χ0v) is 14.6. The van der Waals surface area contributed by atoms with E-state index in [1.807, 2.05) is 24.3 Å². The lowest BCUT2D eigenvalue weighted by Crippen LogP contribution is -1.98. The summed E-state index contributed by atoms with van der Waals surface area (Å²) >= 11 is 0. The quantitative estimate of drug-likeness (QED) is 0.556. The van der Waals surface area contributed by atoms with Gasteiger partial charge in [-0.25, -0.2) is 4.39 Å². The molecule has 0 spiro atoms. The number of rotatable bonds is 9. The molecule has 0 amide bonds. The summed E-state index contributed by atoms with van der Waals surface area (Å²) in [5.74, 6) is 0.723. The maximum Gasteiger partial charge on any atom is 0.165 e. The summed E-state index contributed by atoms with van der Waals surface area (Å²) in [4.78, 5) is 0. The predicted octanol–water partition coefficient (Wildman–Crippen LogP) is 6.18. The molecule has 0 bridgehead atoms. The van der Waals surface area contributed by atoms with Crippen molar-refractivity contribution < 1.29 is 14.2 Å². The van der Waals surface area contributed by atoms with Gasteiger partial charge in [-0.05, 0) is 47.7 Å². The summed E-state index contributed by atoms with van der Waals surface area (Å²) in [6.45, 7) is 5.27. The van der Waals surface area contributed by atoms with E-state index in [1.54, 1.807) is 6.07 Å². The van der Waals surface area contributed by atoms with Crippen molar-refractivity contribution in [3.63, 3.8) is 0 Å². The topological polar surface area (TPSA) is 29.5 Å². The van der Waals surface area contributed by atoms with Crippen LogP contribution < -0.4 is 4.74 Å². The monoisotopic (exact) mass is 330 g/mol. The van der Waals surface area contributed by atoms with Crippen LogP contribution in [-0.2, 0) is 0 Å². The zero-order valence-electron chi connectivity index (χ0n) is 14.6. The molecule has 0 heterocycles. The number of phenolic OH excluding ortho intramolecular Hbond substituents is 1. The summed E-state index contributed by atoms with van der Waals surface area (Å²) in [5, 5.41) is 9.24. The van der Waals surface area contributed by atoms with Gasteiger partial charge in [-0.3, -0.25) is 0 Å². The third kappa shape index (κ3) is 5.55. The van der Waals surface area contributed by atoms with Gasteiger partial charge in [0.15, 0.2) is 11.6 Å². The van der Waals surface area contributed by atoms with Crippen LogP contribution in [0.25, 0.3) is 11.1 Å². The first-order valence-corrected chi connectivity index (χ1v) is 8.82. The lowest BCUT2D eigenvalue weighted by Gasteiger charge is -2.09. The minimum absolute atomic E-state index is 0.327. The first-order chi connectivity index (χ1) is 11.6. The molecule has 2 rings (SSSR count). The van der Waals surface area contributed by atoms with E-state index in [9.17, 15) is 9.50 Å². The lowest BCUT2D eigenvalue weighted by molar-refractivity contribution is 0.302. The fourth-order valence-electron chi connectivity index (χ4n) is 2.60. The smallest absolute Gasteiger partial charge is 0.165 e. The summed E-state index contributed by atoms with van der Waals surface area (Å²) in [7, 11) is 0. The molecule has 3 heteroatoms. The molecule has 0 aliphatic heterocycles. The van der Waals surface area contributed by atoms with Crippen molar-refractivity contribution in [2.24, 2.45) is 5.92 Å². The van der Waals surface area contributed by atoms with Gasteiger partial charge in [0.1, 0.15) is 5.75 Å². The van der Waals surface area contributed by atoms with E-state index >= 15 is 0 Å². The van der Waals surface area contributed by atoms with E-state index < -0.39 is 5.82 Å². The van der Waals surface area contributed by atoms with Crippen molar-refractivity contribution in [2.75, 3.05) is 6.61 Å². The Labute approximate surface area is 144 Å². The Hall–Kier alpha value is -2.03. The lowest BCUT2D eigenvalue weighted by atomic mass is 10.0. The number of hydrogen-bond acceptors (Lipinski definition) is 2. The van der Waals surface area contributed by atoms with E-state index in [1.165, 1.54) is 37.8 Å². The Kier molecular flexibility index (Phi) is 7.10. The molecule has 0 saturated heterocycles. The molecule has 0 aliphatic rings. The molecular weight excluding hydrogens is 303 g/mol. The fraction of sp³-hybridized carbons (Fsp3) is 0.429. The van der Waals surface area contributed by atoms with E-state index in [2.05, 4.69) is 13.8 Å². The summed E-state index contributed by atoms with van der Waals surface area (Å²) in [6, 6.07) is 12.0. The molecular formula is C21H27FO2. The van der Waals surface area contributed by atoms with Gasteiger partial charge in [-0.1, -0.05) is 57.7 Å². The van der Waals surface area contributed by atoms with Crippen LogP contribution in [0.1, 0.15) is 46.0 Å². The maximum atomic E-state index is 13.4. The standard InChI is InChI=1S/C21H27FO2/c1-3-16(2)7-5-4-6-14-24-19-11-8-17(9-12-19)18-10-13-21(23)20(22)15-18/h8-13,15-16,23H,3-7,14H2,1-2H3. The van der Waals surface area contributed by atoms with Crippen LogP contribution in [-0.4, -0.2) is 11.7 Å². The minimum atomic E-state index is -0.606. The zero-order chi connectivity index (χ0) is 17.4. The number of ether oxygens (including phenoxy) is 1. The largest absolute Gasteiger partial charge is 0.505 e. The number of aromatic hydroxyl groups is 1. The molecule has 2 aromatic carbocycles. The van der Waals surface area contributed by atoms with Crippen LogP contribution in [0.5, 0.6) is 11.5 Å². The van der Waals surface area contributed by atoms with Crippen molar-refractivity contribution in [1.29, 1.82) is 0 Å². The highest BCUT2D eigenvalue weighted by Gasteiger charge is 2.04. The van der Waals surface area contributed by atoms with Gasteiger partial charge < -0.3 is 9.84 Å². The van der Waals surface area contributed by atoms with Gasteiger partial charge in [0.2, 0.25) is 0 Å². The first kappa shape index (κ1) is 18.3. The Balaban J connectivity index is 1.77. The van der Waals surface area contributed by atoms with Crippen LogP contribution in [0.4, 0.5) is 4.39 Å². The predicted molar refractivity (Wildman–Crippen MR) is 96.9 cm³/mol. The van der Waals surface area contributed by atoms with Gasteiger partial charge >= 0.3 is 0 Å². The average Bonchev–Trinajstić information content (AvgIpc) is 2.60. The van der Waals surface area contributed by atoms with Crippen molar-refractivity contribution in [3.8, 4) is 22.6 Å². The van der Waals surface area contributed by atoms with Gasteiger partial charge in [0.05, 0.1) is 6.61 Å². The van der Waals surface area contributed by atoms with Crippen molar-refractivity contribution in [3.05, 3.63) is 48.3 Å². The van der Waals surface area contributed by atoms with E-state index in [0.29, 0.717) is 0 Å². The van der Waals surface area contributed by atoms with Crippen molar-refractivity contribution >= 4 is 0 Å². The summed E-state index contributed by atoms with van der Waals surface area (Å²) in [5.41, 5.74) is 1.64. The number of hydrogen-bond donors (Lipinski definition) is 1. The van der Waals surface area contributed by atoms with Crippen LogP contribution in [0.2, 0.25) is 0 Å². The van der Waals surface area contributed by atoms with E-state index in [4.69, 9.17) is 4.74 Å². The second-order valence-corrected chi connectivity index (χ2v) is 6.40. The number of unbranched alkanes of at least 4 members (excludes halogenated alkanes) is 2. The van der Waals surface area contributed by atoms with Crippen molar-refractivity contribution in [2.45, 2.75) is 46.0 Å². The molecule has 0 radical (unpaired) electrons. The molecule has 0 saturated carbocycles. The van der Waals surface area contributed by atoms with E-state index in [-0.39, 0.29) is 5.75 Å². The van der Waals surface area contributed by atoms with Gasteiger partial charge in [-0.15, -0.1) is 0 Å². The normalized spacial score (nSPS) is 12.1. The summed E-state index contributed by atoms with van der Waals surface area (Å²) in [6.07, 6.45) is 6.10.